The predicted molar refractivity (Wildman–Crippen MR) is 143 cm³/mol. The third-order valence-corrected chi connectivity index (χ3v) is 5.61. The molecule has 0 saturated carbocycles. The van der Waals surface area contributed by atoms with E-state index in [4.69, 9.17) is 18.9 Å². The second kappa shape index (κ2) is 11.6. The summed E-state index contributed by atoms with van der Waals surface area (Å²) in [6.07, 6.45) is 0. The van der Waals surface area contributed by atoms with E-state index in [1.54, 1.807) is 28.4 Å². The van der Waals surface area contributed by atoms with E-state index in [1.165, 1.54) is 0 Å². The van der Waals surface area contributed by atoms with Gasteiger partial charge in [0.05, 0.1) is 28.4 Å². The maximum absolute atomic E-state index is 5.48. The summed E-state index contributed by atoms with van der Waals surface area (Å²) in [5.41, 5.74) is 5.36. The van der Waals surface area contributed by atoms with Gasteiger partial charge in [-0.15, -0.1) is 0 Å². The van der Waals surface area contributed by atoms with E-state index in [0.29, 0.717) is 0 Å². The van der Waals surface area contributed by atoms with Crippen LogP contribution in [0.25, 0.3) is 11.1 Å². The van der Waals surface area contributed by atoms with Gasteiger partial charge in [0, 0.05) is 22.3 Å². The Morgan fingerprint density at radius 2 is 0.722 bits per heavy atom. The fourth-order valence-corrected chi connectivity index (χ4v) is 3.60. The van der Waals surface area contributed by atoms with Crippen LogP contribution in [0.1, 0.15) is 22.3 Å². The van der Waals surface area contributed by atoms with Gasteiger partial charge < -0.3 is 18.9 Å². The van der Waals surface area contributed by atoms with Crippen molar-refractivity contribution in [3.8, 4) is 57.8 Å². The summed E-state index contributed by atoms with van der Waals surface area (Å²) in [4.78, 5) is 0. The highest BCUT2D eigenvalue weighted by atomic mass is 16.5. The summed E-state index contributed by atoms with van der Waals surface area (Å²) in [5.74, 6) is 16.2. The van der Waals surface area contributed by atoms with Crippen LogP contribution in [0.2, 0.25) is 0 Å². The van der Waals surface area contributed by atoms with Crippen molar-refractivity contribution in [3.63, 3.8) is 0 Å². The number of hydrogen-bond donors (Lipinski definition) is 0. The van der Waals surface area contributed by atoms with Crippen LogP contribution in [0.5, 0.6) is 23.0 Å². The SMILES string of the molecule is COc1ccc(C#Cc2cc(OC)ccc2-c2ccc(OC)cc2C#Cc2ccc(OC)cc2)cc1. The summed E-state index contributed by atoms with van der Waals surface area (Å²) in [6, 6.07) is 27.1. The average Bonchev–Trinajstić information content (AvgIpc) is 2.95. The van der Waals surface area contributed by atoms with Crippen LogP contribution in [0.3, 0.4) is 0 Å². The molecular weight excluding hydrogens is 448 g/mol. The highest BCUT2D eigenvalue weighted by Gasteiger charge is 2.11. The monoisotopic (exact) mass is 474 g/mol. The summed E-state index contributed by atoms with van der Waals surface area (Å²) in [5, 5.41) is 0. The molecule has 0 fully saturated rings. The van der Waals surface area contributed by atoms with Crippen LogP contribution in [-0.4, -0.2) is 28.4 Å². The van der Waals surface area contributed by atoms with Crippen LogP contribution < -0.4 is 18.9 Å². The smallest absolute Gasteiger partial charge is 0.120 e. The predicted octanol–water partition coefficient (Wildman–Crippen LogP) is 6.19. The first-order valence-corrected chi connectivity index (χ1v) is 11.3. The van der Waals surface area contributed by atoms with Gasteiger partial charge in [0.2, 0.25) is 0 Å². The van der Waals surface area contributed by atoms with Crippen molar-refractivity contribution in [2.24, 2.45) is 0 Å². The van der Waals surface area contributed by atoms with E-state index in [1.807, 2.05) is 84.9 Å². The van der Waals surface area contributed by atoms with Crippen LogP contribution in [0, 0.1) is 23.7 Å². The molecule has 0 aliphatic rings. The van der Waals surface area contributed by atoms with Crippen molar-refractivity contribution in [1.82, 2.24) is 0 Å². The first-order chi connectivity index (χ1) is 17.6. The van der Waals surface area contributed by atoms with Crippen molar-refractivity contribution in [1.29, 1.82) is 0 Å². The average molecular weight is 475 g/mol. The van der Waals surface area contributed by atoms with Crippen molar-refractivity contribution in [3.05, 3.63) is 107 Å². The summed E-state index contributed by atoms with van der Waals surface area (Å²) < 4.78 is 21.4. The van der Waals surface area contributed by atoms with Crippen LogP contribution in [0.15, 0.2) is 84.9 Å². The van der Waals surface area contributed by atoms with Gasteiger partial charge in [0.25, 0.3) is 0 Å². The molecule has 0 spiro atoms. The quantitative estimate of drug-likeness (QED) is 0.323. The van der Waals surface area contributed by atoms with E-state index in [-0.39, 0.29) is 0 Å². The molecule has 0 unspecified atom stereocenters. The van der Waals surface area contributed by atoms with Gasteiger partial charge in [-0.3, -0.25) is 0 Å². The lowest BCUT2D eigenvalue weighted by Gasteiger charge is -2.11. The molecule has 0 N–H and O–H groups in total. The lowest BCUT2D eigenvalue weighted by Crippen LogP contribution is -1.93. The molecule has 0 aliphatic heterocycles. The Hall–Kier alpha value is -4.80. The summed E-state index contributed by atoms with van der Waals surface area (Å²) >= 11 is 0. The Balaban J connectivity index is 1.79. The molecular formula is C32H26O4. The van der Waals surface area contributed by atoms with E-state index >= 15 is 0 Å². The Labute approximate surface area is 212 Å². The number of benzene rings is 4. The highest BCUT2D eigenvalue weighted by molar-refractivity contribution is 5.78. The fourth-order valence-electron chi connectivity index (χ4n) is 3.60. The summed E-state index contributed by atoms with van der Waals surface area (Å²) in [7, 11) is 6.59. The minimum atomic E-state index is 0.733. The molecule has 0 saturated heterocycles. The molecule has 4 nitrogen and oxygen atoms in total. The molecule has 0 aromatic heterocycles. The lowest BCUT2D eigenvalue weighted by atomic mass is 9.94. The molecule has 0 heterocycles. The minimum absolute atomic E-state index is 0.733. The number of rotatable bonds is 5. The third-order valence-electron chi connectivity index (χ3n) is 5.61. The van der Waals surface area contributed by atoms with Crippen LogP contribution in [-0.2, 0) is 0 Å². The van der Waals surface area contributed by atoms with Gasteiger partial charge >= 0.3 is 0 Å². The lowest BCUT2D eigenvalue weighted by molar-refractivity contribution is 0.414. The second-order valence-electron chi connectivity index (χ2n) is 7.78. The Morgan fingerprint density at radius 1 is 0.389 bits per heavy atom. The third kappa shape index (κ3) is 5.81. The molecule has 4 heteroatoms. The first kappa shape index (κ1) is 24.3. The van der Waals surface area contributed by atoms with Gasteiger partial charge in [0.1, 0.15) is 23.0 Å². The topological polar surface area (TPSA) is 36.9 Å². The zero-order valence-corrected chi connectivity index (χ0v) is 20.7. The van der Waals surface area contributed by atoms with E-state index in [9.17, 15) is 0 Å². The largest absolute Gasteiger partial charge is 0.497 e. The molecule has 0 amide bonds. The first-order valence-electron chi connectivity index (χ1n) is 11.3. The molecule has 178 valence electrons. The molecule has 4 rings (SSSR count). The molecule has 0 atom stereocenters. The van der Waals surface area contributed by atoms with Crippen molar-refractivity contribution in [2.45, 2.75) is 0 Å². The molecule has 36 heavy (non-hydrogen) atoms. The molecule has 0 aliphatic carbocycles. The molecule has 4 aromatic carbocycles. The number of methoxy groups -OCH3 is 4. The second-order valence-corrected chi connectivity index (χ2v) is 7.78. The summed E-state index contributed by atoms with van der Waals surface area (Å²) in [6.45, 7) is 0. The van der Waals surface area contributed by atoms with E-state index in [2.05, 4.69) is 23.7 Å². The van der Waals surface area contributed by atoms with Crippen molar-refractivity contribution >= 4 is 0 Å². The van der Waals surface area contributed by atoms with Crippen molar-refractivity contribution < 1.29 is 18.9 Å². The van der Waals surface area contributed by atoms with E-state index in [0.717, 1.165) is 56.4 Å². The minimum Gasteiger partial charge on any atom is -0.497 e. The van der Waals surface area contributed by atoms with Crippen molar-refractivity contribution in [2.75, 3.05) is 28.4 Å². The maximum atomic E-state index is 5.48. The van der Waals surface area contributed by atoms with Crippen LogP contribution >= 0.6 is 0 Å². The molecule has 0 radical (unpaired) electrons. The fraction of sp³-hybridized carbons (Fsp3) is 0.125. The Kier molecular flexibility index (Phi) is 7.81. The Morgan fingerprint density at radius 3 is 1.06 bits per heavy atom. The van der Waals surface area contributed by atoms with Crippen LogP contribution in [0.4, 0.5) is 0 Å². The van der Waals surface area contributed by atoms with Gasteiger partial charge in [-0.25, -0.2) is 0 Å². The zero-order valence-electron chi connectivity index (χ0n) is 20.7. The van der Waals surface area contributed by atoms with Gasteiger partial charge in [-0.1, -0.05) is 23.7 Å². The maximum Gasteiger partial charge on any atom is 0.120 e. The Bertz CT molecular complexity index is 1350. The molecule has 0 bridgehead atoms. The zero-order chi connectivity index (χ0) is 25.3. The highest BCUT2D eigenvalue weighted by Crippen LogP contribution is 2.32. The number of hydrogen-bond acceptors (Lipinski definition) is 4. The normalized spacial score (nSPS) is 9.78. The molecule has 4 aromatic rings. The van der Waals surface area contributed by atoms with Gasteiger partial charge in [-0.2, -0.15) is 0 Å². The number of ether oxygens (including phenoxy) is 4. The standard InChI is InChI=1S/C32H26O4/c1-33-27-13-7-23(8-14-27)5-11-25-21-29(35-3)17-19-31(25)32-20-18-30(36-4)22-26(32)12-6-24-9-15-28(34-2)16-10-24/h7-10,13-22H,1-4H3. The van der Waals surface area contributed by atoms with Gasteiger partial charge in [0.15, 0.2) is 0 Å². The van der Waals surface area contributed by atoms with E-state index < -0.39 is 0 Å². The van der Waals surface area contributed by atoms with Gasteiger partial charge in [-0.05, 0) is 96.1 Å².